The molecular formula is C21H14FN7. The zero-order valence-corrected chi connectivity index (χ0v) is 15.1. The summed E-state index contributed by atoms with van der Waals surface area (Å²) >= 11 is 0. The molecule has 0 radical (unpaired) electrons. The van der Waals surface area contributed by atoms with Gasteiger partial charge in [0.25, 0.3) is 0 Å². The minimum absolute atomic E-state index is 0.0569. The Labute approximate surface area is 165 Å². The molecule has 0 unspecified atom stereocenters. The maximum Gasteiger partial charge on any atom is 0.153 e. The molecule has 140 valence electrons. The molecule has 0 atom stereocenters. The quantitative estimate of drug-likeness (QED) is 0.551. The molecule has 4 rings (SSSR count). The fraction of sp³-hybridized carbons (Fsp3) is 0. The van der Waals surface area contributed by atoms with E-state index in [1.807, 2.05) is 18.2 Å². The fourth-order valence-corrected chi connectivity index (χ4v) is 2.99. The van der Waals surface area contributed by atoms with Crippen LogP contribution in [-0.4, -0.2) is 19.9 Å². The molecule has 3 aromatic heterocycles. The number of rotatable bonds is 4. The Morgan fingerprint density at radius 3 is 2.76 bits per heavy atom. The van der Waals surface area contributed by atoms with Crippen LogP contribution in [0.3, 0.4) is 0 Å². The second kappa shape index (κ2) is 7.32. The van der Waals surface area contributed by atoms with Crippen LogP contribution in [0.5, 0.6) is 0 Å². The Morgan fingerprint density at radius 1 is 1.14 bits per heavy atom. The predicted molar refractivity (Wildman–Crippen MR) is 109 cm³/mol. The zero-order chi connectivity index (χ0) is 20.4. The second-order valence-corrected chi connectivity index (χ2v) is 6.12. The number of nitrogens with zero attached hydrogens (tertiary/aromatic N) is 5. The number of benzene rings is 1. The minimum atomic E-state index is -0.387. The number of aromatic nitrogens is 4. The Balaban J connectivity index is 1.89. The largest absolute Gasteiger partial charge is 0.382 e. The van der Waals surface area contributed by atoms with Crippen molar-refractivity contribution in [3.8, 4) is 17.3 Å². The number of nitrogens with two attached hydrogens (primary N) is 1. The summed E-state index contributed by atoms with van der Waals surface area (Å²) in [6, 6.07) is 11.8. The van der Waals surface area contributed by atoms with Gasteiger partial charge in [-0.05, 0) is 30.3 Å². The molecule has 0 spiro atoms. The van der Waals surface area contributed by atoms with Crippen LogP contribution in [-0.2, 0) is 0 Å². The highest BCUT2D eigenvalue weighted by molar-refractivity contribution is 6.00. The van der Waals surface area contributed by atoms with E-state index < -0.39 is 0 Å². The first kappa shape index (κ1) is 18.0. The maximum atomic E-state index is 14.0. The molecular weight excluding hydrogens is 369 g/mol. The number of nitrogen functional groups attached to an aromatic ring is 1. The van der Waals surface area contributed by atoms with E-state index in [1.165, 1.54) is 18.5 Å². The fourth-order valence-electron chi connectivity index (χ4n) is 2.99. The Hall–Kier alpha value is -4.38. The van der Waals surface area contributed by atoms with E-state index in [1.54, 1.807) is 24.5 Å². The zero-order valence-electron chi connectivity index (χ0n) is 15.1. The number of pyridine rings is 2. The molecule has 0 amide bonds. The minimum Gasteiger partial charge on any atom is -0.382 e. The first-order valence-electron chi connectivity index (χ1n) is 8.55. The molecule has 29 heavy (non-hydrogen) atoms. The van der Waals surface area contributed by atoms with Crippen molar-refractivity contribution in [1.29, 1.82) is 5.26 Å². The number of hydrogen-bond donors (Lipinski definition) is 2. The molecule has 0 aliphatic rings. The molecule has 1 aromatic carbocycles. The van der Waals surface area contributed by atoms with Crippen LogP contribution in [0.15, 0.2) is 61.7 Å². The summed E-state index contributed by atoms with van der Waals surface area (Å²) < 4.78 is 14.0. The van der Waals surface area contributed by atoms with Gasteiger partial charge in [0.15, 0.2) is 5.82 Å². The molecule has 3 N–H and O–H groups in total. The predicted octanol–water partition coefficient (Wildman–Crippen LogP) is 3.76. The topological polar surface area (TPSA) is 113 Å². The normalized spacial score (nSPS) is 10.5. The van der Waals surface area contributed by atoms with E-state index in [-0.39, 0.29) is 23.0 Å². The lowest BCUT2D eigenvalue weighted by Gasteiger charge is -2.16. The van der Waals surface area contributed by atoms with Crippen molar-refractivity contribution >= 4 is 28.2 Å². The Kier molecular flexibility index (Phi) is 4.55. The maximum absolute atomic E-state index is 14.0. The standard InChI is InChI=1S/C21H14FN7/c1-12(29-21-15(9-23)20(24)27-11-28-21)16-10-26-17-6-5-13(22)8-14(17)19(16)18-4-2-3-7-25-18/h2-8,10-11H,1H2,(H3,24,27,28,29). The highest BCUT2D eigenvalue weighted by Crippen LogP contribution is 2.34. The van der Waals surface area contributed by atoms with Gasteiger partial charge in [0, 0.05) is 34.6 Å². The number of nitrogens with one attached hydrogen (secondary N) is 1. The van der Waals surface area contributed by atoms with Crippen LogP contribution in [0.4, 0.5) is 16.0 Å². The van der Waals surface area contributed by atoms with Crippen molar-refractivity contribution in [1.82, 2.24) is 19.9 Å². The third-order valence-corrected chi connectivity index (χ3v) is 4.33. The molecule has 0 aliphatic heterocycles. The van der Waals surface area contributed by atoms with Gasteiger partial charge in [0.1, 0.15) is 29.6 Å². The average Bonchev–Trinajstić information content (AvgIpc) is 2.73. The lowest BCUT2D eigenvalue weighted by atomic mass is 9.98. The molecule has 0 saturated heterocycles. The SMILES string of the molecule is C=C(Nc1ncnc(N)c1C#N)c1cnc2ccc(F)cc2c1-c1ccccn1. The third kappa shape index (κ3) is 3.33. The lowest BCUT2D eigenvalue weighted by Crippen LogP contribution is -2.07. The van der Waals surface area contributed by atoms with Crippen LogP contribution in [0, 0.1) is 17.1 Å². The molecule has 0 aliphatic carbocycles. The van der Waals surface area contributed by atoms with Crippen molar-refractivity contribution in [2.24, 2.45) is 0 Å². The molecule has 0 fully saturated rings. The monoisotopic (exact) mass is 383 g/mol. The van der Waals surface area contributed by atoms with E-state index in [2.05, 4.69) is 31.8 Å². The van der Waals surface area contributed by atoms with Gasteiger partial charge < -0.3 is 11.1 Å². The van der Waals surface area contributed by atoms with Crippen molar-refractivity contribution in [3.63, 3.8) is 0 Å². The summed E-state index contributed by atoms with van der Waals surface area (Å²) in [5.41, 5.74) is 8.75. The Morgan fingerprint density at radius 2 is 2.00 bits per heavy atom. The van der Waals surface area contributed by atoms with Gasteiger partial charge in [-0.25, -0.2) is 14.4 Å². The summed E-state index contributed by atoms with van der Waals surface area (Å²) in [7, 11) is 0. The Bertz CT molecular complexity index is 1280. The van der Waals surface area contributed by atoms with Gasteiger partial charge in [-0.1, -0.05) is 12.6 Å². The highest BCUT2D eigenvalue weighted by Gasteiger charge is 2.17. The van der Waals surface area contributed by atoms with E-state index in [9.17, 15) is 9.65 Å². The number of hydrogen-bond acceptors (Lipinski definition) is 7. The molecule has 7 nitrogen and oxygen atoms in total. The summed E-state index contributed by atoms with van der Waals surface area (Å²) in [6.45, 7) is 4.06. The summed E-state index contributed by atoms with van der Waals surface area (Å²) in [4.78, 5) is 16.7. The van der Waals surface area contributed by atoms with E-state index in [0.29, 0.717) is 33.4 Å². The van der Waals surface area contributed by atoms with E-state index in [0.717, 1.165) is 0 Å². The van der Waals surface area contributed by atoms with Gasteiger partial charge >= 0.3 is 0 Å². The van der Waals surface area contributed by atoms with Crippen LogP contribution in [0.2, 0.25) is 0 Å². The van der Waals surface area contributed by atoms with Gasteiger partial charge in [-0.3, -0.25) is 9.97 Å². The number of anilines is 2. The smallest absolute Gasteiger partial charge is 0.153 e. The van der Waals surface area contributed by atoms with Gasteiger partial charge in [0.05, 0.1) is 11.2 Å². The van der Waals surface area contributed by atoms with Crippen molar-refractivity contribution < 1.29 is 4.39 Å². The average molecular weight is 383 g/mol. The van der Waals surface area contributed by atoms with Gasteiger partial charge in [-0.15, -0.1) is 0 Å². The van der Waals surface area contributed by atoms with Crippen LogP contribution in [0.1, 0.15) is 11.1 Å². The third-order valence-electron chi connectivity index (χ3n) is 4.33. The molecule has 0 saturated carbocycles. The van der Waals surface area contributed by atoms with Gasteiger partial charge in [0.2, 0.25) is 0 Å². The lowest BCUT2D eigenvalue weighted by molar-refractivity contribution is 0.629. The van der Waals surface area contributed by atoms with E-state index >= 15 is 0 Å². The summed E-state index contributed by atoms with van der Waals surface area (Å²) in [5.74, 6) is -0.111. The van der Waals surface area contributed by atoms with Crippen molar-refractivity contribution in [3.05, 3.63) is 78.6 Å². The highest BCUT2D eigenvalue weighted by atomic mass is 19.1. The van der Waals surface area contributed by atoms with Crippen LogP contribution >= 0.6 is 0 Å². The number of fused-ring (bicyclic) bond motifs is 1. The molecule has 3 heterocycles. The van der Waals surface area contributed by atoms with E-state index in [4.69, 9.17) is 5.73 Å². The van der Waals surface area contributed by atoms with Crippen LogP contribution in [0.25, 0.3) is 27.9 Å². The summed E-state index contributed by atoms with van der Waals surface area (Å²) in [5, 5.41) is 12.9. The number of nitriles is 1. The first-order chi connectivity index (χ1) is 14.1. The molecule has 8 heteroatoms. The van der Waals surface area contributed by atoms with Crippen LogP contribution < -0.4 is 11.1 Å². The number of halogens is 1. The molecule has 0 bridgehead atoms. The van der Waals surface area contributed by atoms with Crippen molar-refractivity contribution in [2.45, 2.75) is 0 Å². The van der Waals surface area contributed by atoms with Gasteiger partial charge in [-0.2, -0.15) is 5.26 Å². The summed E-state index contributed by atoms with van der Waals surface area (Å²) in [6.07, 6.45) is 4.52. The first-order valence-corrected chi connectivity index (χ1v) is 8.55. The second-order valence-electron chi connectivity index (χ2n) is 6.12. The molecule has 4 aromatic rings. The van der Waals surface area contributed by atoms with Crippen molar-refractivity contribution in [2.75, 3.05) is 11.1 Å².